The van der Waals surface area contributed by atoms with Gasteiger partial charge in [0.15, 0.2) is 17.4 Å². The zero-order valence-electron chi connectivity index (χ0n) is 35.9. The van der Waals surface area contributed by atoms with Crippen molar-refractivity contribution in [1.29, 1.82) is 0 Å². The Kier molecular flexibility index (Phi) is 12.3. The first-order valence-electron chi connectivity index (χ1n) is 21.2. The second-order valence-electron chi connectivity index (χ2n) is 16.8. The number of ether oxygens (including phenoxy) is 4. The molecule has 9 rings (SSSR count). The van der Waals surface area contributed by atoms with Crippen molar-refractivity contribution in [3.05, 3.63) is 126 Å². The van der Waals surface area contributed by atoms with Crippen LogP contribution >= 0.6 is 34.2 Å². The molecule has 0 amide bonds. The maximum absolute atomic E-state index is 18.0. The summed E-state index contributed by atoms with van der Waals surface area (Å²) in [6, 6.07) is 19.7. The molecule has 0 saturated carbocycles. The van der Waals surface area contributed by atoms with Crippen molar-refractivity contribution in [2.75, 3.05) is 51.2 Å². The lowest BCUT2D eigenvalue weighted by molar-refractivity contribution is 0.0896. The first-order valence-corrected chi connectivity index (χ1v) is 22.7. The van der Waals surface area contributed by atoms with Crippen molar-refractivity contribution in [2.45, 2.75) is 69.9 Å². The van der Waals surface area contributed by atoms with Gasteiger partial charge in [0.25, 0.3) is 0 Å². The number of nitrogens with one attached hydrogen (secondary N) is 1. The fourth-order valence-electron chi connectivity index (χ4n) is 9.61. The van der Waals surface area contributed by atoms with Gasteiger partial charge in [-0.05, 0) is 108 Å². The van der Waals surface area contributed by atoms with Crippen molar-refractivity contribution in [1.82, 2.24) is 15.2 Å². The number of fused-ring (bicyclic) bond motifs is 1. The van der Waals surface area contributed by atoms with Gasteiger partial charge in [0.2, 0.25) is 0 Å². The average Bonchev–Trinajstić information content (AvgIpc) is 3.77. The van der Waals surface area contributed by atoms with Crippen LogP contribution < -0.4 is 40.7 Å². The van der Waals surface area contributed by atoms with Gasteiger partial charge in [0.1, 0.15) is 42.8 Å². The third-order valence-electron chi connectivity index (χ3n) is 12.9. The molecule has 0 spiro atoms. The topological polar surface area (TPSA) is 119 Å². The monoisotopic (exact) mass is 1010 g/mol. The SMILES string of the molecule is COc1ccc(CN(Cc2ccc(OC)cc2)c2c(F)c(-c3c(F)c4c5c(c3Cl)=NCNC=5C([C@H](C)c3cccnc3N)N=C(OC[C@@]35CCCN3C[C@H](F)C5)O4)cc(C)c2I)cc1. The average molecular weight is 1010 g/mol. The first-order chi connectivity index (χ1) is 30.9. The predicted molar refractivity (Wildman–Crippen MR) is 250 cm³/mol. The number of aryl methyl sites for hydroxylation is 1. The molecule has 2 fully saturated rings. The molecule has 0 bridgehead atoms. The van der Waals surface area contributed by atoms with E-state index in [1.54, 1.807) is 32.5 Å². The Hall–Kier alpha value is -5.26. The van der Waals surface area contributed by atoms with Gasteiger partial charge in [-0.15, -0.1) is 0 Å². The number of methoxy groups -OCH3 is 2. The van der Waals surface area contributed by atoms with Gasteiger partial charge in [0, 0.05) is 52.9 Å². The van der Waals surface area contributed by atoms with Crippen LogP contribution in [-0.2, 0) is 17.8 Å². The summed E-state index contributed by atoms with van der Waals surface area (Å²) >= 11 is 9.45. The predicted octanol–water partition coefficient (Wildman–Crippen LogP) is 8.20. The van der Waals surface area contributed by atoms with E-state index in [1.165, 1.54) is 0 Å². The van der Waals surface area contributed by atoms with E-state index in [2.05, 4.69) is 37.8 Å². The number of nitrogens with zero attached hydrogens (tertiary/aromatic N) is 5. The Balaban J connectivity index is 1.20. The van der Waals surface area contributed by atoms with Crippen molar-refractivity contribution >= 4 is 57.5 Å². The lowest BCUT2D eigenvalue weighted by Crippen LogP contribution is -2.44. The number of anilines is 2. The van der Waals surface area contributed by atoms with Crippen LogP contribution in [0.1, 0.15) is 54.4 Å². The van der Waals surface area contributed by atoms with Crippen molar-refractivity contribution in [3.8, 4) is 28.4 Å². The summed E-state index contributed by atoms with van der Waals surface area (Å²) in [7, 11) is 3.20. The van der Waals surface area contributed by atoms with Gasteiger partial charge in [-0.2, -0.15) is 0 Å². The van der Waals surface area contributed by atoms with Crippen LogP contribution in [0.15, 0.2) is 82.9 Å². The number of hydrogen-bond donors (Lipinski definition) is 2. The fraction of sp³-hybridized carbons (Fsp3) is 0.354. The number of pyridine rings is 1. The van der Waals surface area contributed by atoms with Crippen LogP contribution in [-0.4, -0.2) is 74.3 Å². The van der Waals surface area contributed by atoms with Crippen molar-refractivity contribution < 1.29 is 32.1 Å². The highest BCUT2D eigenvalue weighted by molar-refractivity contribution is 14.1. The van der Waals surface area contributed by atoms with Crippen molar-refractivity contribution in [3.63, 3.8) is 0 Å². The quantitative estimate of drug-likeness (QED) is 0.119. The van der Waals surface area contributed by atoms with Crippen LogP contribution in [0.3, 0.4) is 0 Å². The zero-order chi connectivity index (χ0) is 44.9. The van der Waals surface area contributed by atoms with Crippen LogP contribution in [0, 0.1) is 22.1 Å². The van der Waals surface area contributed by atoms with Crippen LogP contribution in [0.5, 0.6) is 17.2 Å². The summed E-state index contributed by atoms with van der Waals surface area (Å²) in [5, 5.41) is 3.71. The highest BCUT2D eigenvalue weighted by Gasteiger charge is 2.50. The maximum atomic E-state index is 18.0. The molecule has 1 unspecified atom stereocenters. The van der Waals surface area contributed by atoms with Gasteiger partial charge in [-0.1, -0.05) is 48.9 Å². The number of halogens is 5. The number of aliphatic imine (C=N–C) groups is 1. The van der Waals surface area contributed by atoms with E-state index >= 15 is 8.78 Å². The van der Waals surface area contributed by atoms with E-state index in [4.69, 9.17) is 46.3 Å². The molecule has 2 saturated heterocycles. The number of hydrogen-bond acceptors (Lipinski definition) is 11. The summed E-state index contributed by atoms with van der Waals surface area (Å²) in [5.74, 6) is -0.599. The van der Waals surface area contributed by atoms with Crippen LogP contribution in [0.2, 0.25) is 5.02 Å². The molecule has 0 radical (unpaired) electrons. The number of alkyl halides is 1. The Morgan fingerprint density at radius 2 is 1.73 bits per heavy atom. The molecule has 5 heterocycles. The lowest BCUT2D eigenvalue weighted by atomic mass is 9.90. The van der Waals surface area contributed by atoms with Crippen LogP contribution in [0.4, 0.5) is 24.7 Å². The Bertz CT molecular complexity index is 2720. The van der Waals surface area contributed by atoms with Gasteiger partial charge < -0.3 is 34.9 Å². The molecule has 4 atom stereocenters. The molecule has 4 aliphatic heterocycles. The first kappa shape index (κ1) is 44.0. The van der Waals surface area contributed by atoms with Gasteiger partial charge in [0.05, 0.1) is 46.7 Å². The third-order valence-corrected chi connectivity index (χ3v) is 14.6. The van der Waals surface area contributed by atoms with E-state index in [0.717, 1.165) is 30.5 Å². The van der Waals surface area contributed by atoms with Gasteiger partial charge in [-0.3, -0.25) is 9.89 Å². The number of aromatic nitrogens is 1. The summed E-state index contributed by atoms with van der Waals surface area (Å²) in [5.41, 5.74) is 9.52. The number of nitrogens with two attached hydrogens (primary N) is 1. The van der Waals surface area contributed by atoms with E-state index < -0.39 is 35.3 Å². The summed E-state index contributed by atoms with van der Waals surface area (Å²) < 4.78 is 75.1. The molecule has 11 nitrogen and oxygen atoms in total. The second kappa shape index (κ2) is 18.0. The summed E-state index contributed by atoms with van der Waals surface area (Å²) in [4.78, 5) is 18.1. The van der Waals surface area contributed by atoms with Crippen LogP contribution in [0.25, 0.3) is 16.8 Å². The van der Waals surface area contributed by atoms with E-state index in [1.807, 2.05) is 73.3 Å². The standard InChI is InChI=1S/C48H48ClF3IN7O4/c1-26-19-34(38(51)44(40(26)53)59(21-28-8-12-31(61-3)13-9-28)22-29-10-14-32(62-4)15-11-29)35-37(49)42-36-43(57-25-56-42)41(27(2)33-7-5-17-55-46(33)54)58-47(64-45(36)39(35)52)63-24-48-16-6-18-60(48)23-30(50)20-48/h5,7-15,17,19,27,30,41,57H,6,16,18,20-25H2,1-4H3,(H2,54,55)/t27-,30-,41?,48+/m1/s1. The minimum absolute atomic E-state index is 0.0664. The fourth-order valence-corrected chi connectivity index (χ4v) is 10.7. The van der Waals surface area contributed by atoms with E-state index in [9.17, 15) is 4.39 Å². The van der Waals surface area contributed by atoms with Crippen molar-refractivity contribution in [2.24, 2.45) is 9.98 Å². The highest BCUT2D eigenvalue weighted by Crippen LogP contribution is 2.44. The molecule has 5 aromatic rings. The highest BCUT2D eigenvalue weighted by atomic mass is 127. The smallest absolute Gasteiger partial charge is 0.389 e. The minimum atomic E-state index is -0.993. The van der Waals surface area contributed by atoms with E-state index in [-0.39, 0.29) is 57.5 Å². The molecule has 0 aliphatic carbocycles. The molecular weight excluding hydrogens is 958 g/mol. The molecular formula is C48H48ClF3IN7O4. The Morgan fingerprint density at radius 1 is 1.05 bits per heavy atom. The molecule has 4 aliphatic rings. The zero-order valence-corrected chi connectivity index (χ0v) is 38.8. The molecule has 16 heteroatoms. The Labute approximate surface area is 388 Å². The maximum Gasteiger partial charge on any atom is 0.389 e. The number of benzene rings is 4. The lowest BCUT2D eigenvalue weighted by Gasteiger charge is -2.31. The minimum Gasteiger partial charge on any atom is -0.497 e. The molecule has 3 N–H and O–H groups in total. The Morgan fingerprint density at radius 3 is 2.39 bits per heavy atom. The largest absolute Gasteiger partial charge is 0.497 e. The summed E-state index contributed by atoms with van der Waals surface area (Å²) in [6.45, 7) is 5.62. The second-order valence-corrected chi connectivity index (χ2v) is 18.3. The summed E-state index contributed by atoms with van der Waals surface area (Å²) in [6.07, 6.45) is 2.34. The molecule has 4 aromatic carbocycles. The third kappa shape index (κ3) is 8.08. The normalized spacial score (nSPS) is 20.5. The molecule has 64 heavy (non-hydrogen) atoms. The van der Waals surface area contributed by atoms with Gasteiger partial charge in [-0.25, -0.2) is 23.1 Å². The molecule has 334 valence electrons. The number of nitrogen functional groups attached to an aromatic ring is 1. The van der Waals surface area contributed by atoms with Gasteiger partial charge >= 0.3 is 6.08 Å². The number of rotatable bonds is 12. The van der Waals surface area contributed by atoms with E-state index in [0.29, 0.717) is 63.8 Å². The molecule has 1 aromatic heterocycles.